The van der Waals surface area contributed by atoms with Crippen LogP contribution in [0.25, 0.3) is 0 Å². The third-order valence-corrected chi connectivity index (χ3v) is 0.889. The molecule has 0 aromatic rings. The van der Waals surface area contributed by atoms with Gasteiger partial charge in [-0.05, 0) is 6.08 Å². The van der Waals surface area contributed by atoms with Crippen LogP contribution >= 0.6 is 0 Å². The standard InChI is InChI=1S/C5H6O3/c6-4-1-2-8-5(7)3-4/h1,6H,2-3H2. The van der Waals surface area contributed by atoms with Gasteiger partial charge in [0, 0.05) is 0 Å². The van der Waals surface area contributed by atoms with Crippen LogP contribution in [0.1, 0.15) is 6.42 Å². The fourth-order valence-electron chi connectivity index (χ4n) is 0.502. The van der Waals surface area contributed by atoms with Gasteiger partial charge in [-0.1, -0.05) is 0 Å². The molecule has 0 amide bonds. The minimum atomic E-state index is -0.356. The molecule has 0 bridgehead atoms. The lowest BCUT2D eigenvalue weighted by Crippen LogP contribution is -2.10. The molecule has 8 heavy (non-hydrogen) atoms. The molecule has 0 atom stereocenters. The third kappa shape index (κ3) is 0.992. The van der Waals surface area contributed by atoms with Crippen molar-refractivity contribution in [3.63, 3.8) is 0 Å². The van der Waals surface area contributed by atoms with Crippen molar-refractivity contribution in [3.8, 4) is 0 Å². The monoisotopic (exact) mass is 114 g/mol. The predicted octanol–water partition coefficient (Wildman–Crippen LogP) is 0.375. The van der Waals surface area contributed by atoms with Crippen molar-refractivity contribution in [2.24, 2.45) is 0 Å². The Morgan fingerprint density at radius 2 is 2.50 bits per heavy atom. The van der Waals surface area contributed by atoms with Crippen LogP contribution in [0.2, 0.25) is 0 Å². The van der Waals surface area contributed by atoms with E-state index in [0.29, 0.717) is 0 Å². The molecule has 1 heterocycles. The maximum Gasteiger partial charge on any atom is 0.313 e. The summed E-state index contributed by atoms with van der Waals surface area (Å²) in [5.41, 5.74) is 0. The van der Waals surface area contributed by atoms with Crippen molar-refractivity contribution < 1.29 is 14.6 Å². The first-order valence-electron chi connectivity index (χ1n) is 2.32. The SMILES string of the molecule is O=C1CC(O)=CCO1. The topological polar surface area (TPSA) is 46.5 Å². The lowest BCUT2D eigenvalue weighted by Gasteiger charge is -2.06. The van der Waals surface area contributed by atoms with Gasteiger partial charge >= 0.3 is 5.97 Å². The largest absolute Gasteiger partial charge is 0.512 e. The molecule has 0 radical (unpaired) electrons. The number of aliphatic hydroxyl groups is 1. The number of cyclic esters (lactones) is 1. The Kier molecular flexibility index (Phi) is 1.20. The summed E-state index contributed by atoms with van der Waals surface area (Å²) in [4.78, 5) is 10.3. The molecule has 1 aliphatic heterocycles. The summed E-state index contributed by atoms with van der Waals surface area (Å²) < 4.78 is 4.47. The molecular formula is C5H6O3. The molecular weight excluding hydrogens is 108 g/mol. The number of carbonyl (C=O) groups is 1. The van der Waals surface area contributed by atoms with E-state index in [2.05, 4.69) is 4.74 Å². The Morgan fingerprint density at radius 1 is 1.75 bits per heavy atom. The lowest BCUT2D eigenvalue weighted by atomic mass is 10.3. The summed E-state index contributed by atoms with van der Waals surface area (Å²) in [6.07, 6.45) is 1.50. The Hall–Kier alpha value is -0.990. The van der Waals surface area contributed by atoms with E-state index >= 15 is 0 Å². The molecule has 3 heteroatoms. The highest BCUT2D eigenvalue weighted by molar-refractivity contribution is 5.72. The van der Waals surface area contributed by atoms with Gasteiger partial charge in [-0.25, -0.2) is 0 Å². The number of aliphatic hydroxyl groups excluding tert-OH is 1. The van der Waals surface area contributed by atoms with Gasteiger partial charge in [0.25, 0.3) is 0 Å². The Balaban J connectivity index is 2.57. The van der Waals surface area contributed by atoms with Gasteiger partial charge in [-0.3, -0.25) is 4.79 Å². The van der Waals surface area contributed by atoms with Gasteiger partial charge in [0.05, 0.1) is 0 Å². The minimum Gasteiger partial charge on any atom is -0.512 e. The summed E-state index contributed by atoms with van der Waals surface area (Å²) >= 11 is 0. The van der Waals surface area contributed by atoms with Crippen LogP contribution in [0.15, 0.2) is 11.8 Å². The zero-order valence-corrected chi connectivity index (χ0v) is 4.26. The number of esters is 1. The van der Waals surface area contributed by atoms with Crippen LogP contribution in [-0.4, -0.2) is 17.7 Å². The molecule has 3 nitrogen and oxygen atoms in total. The molecule has 0 aromatic carbocycles. The molecule has 0 spiro atoms. The van der Waals surface area contributed by atoms with E-state index in [1.54, 1.807) is 0 Å². The quantitative estimate of drug-likeness (QED) is 0.463. The van der Waals surface area contributed by atoms with E-state index in [1.165, 1.54) is 6.08 Å². The Morgan fingerprint density at radius 3 is 2.88 bits per heavy atom. The number of ether oxygens (including phenoxy) is 1. The first kappa shape index (κ1) is 5.15. The molecule has 0 aliphatic carbocycles. The first-order valence-corrected chi connectivity index (χ1v) is 2.32. The zero-order chi connectivity index (χ0) is 5.98. The van der Waals surface area contributed by atoms with Crippen LogP contribution in [0.3, 0.4) is 0 Å². The summed E-state index contributed by atoms with van der Waals surface area (Å²) in [5, 5.41) is 8.64. The summed E-state index contributed by atoms with van der Waals surface area (Å²) in [6.45, 7) is 0.213. The van der Waals surface area contributed by atoms with Gasteiger partial charge in [-0.2, -0.15) is 0 Å². The van der Waals surface area contributed by atoms with Crippen molar-refractivity contribution in [3.05, 3.63) is 11.8 Å². The average Bonchev–Trinajstić information content (AvgIpc) is 1.64. The minimum absolute atomic E-state index is 0.0278. The molecule has 0 aromatic heterocycles. The van der Waals surface area contributed by atoms with Crippen LogP contribution in [-0.2, 0) is 9.53 Å². The van der Waals surface area contributed by atoms with E-state index in [4.69, 9.17) is 5.11 Å². The van der Waals surface area contributed by atoms with Gasteiger partial charge in [0.2, 0.25) is 0 Å². The number of hydrogen-bond acceptors (Lipinski definition) is 3. The molecule has 44 valence electrons. The fourth-order valence-corrected chi connectivity index (χ4v) is 0.502. The predicted molar refractivity (Wildman–Crippen MR) is 26.3 cm³/mol. The third-order valence-electron chi connectivity index (χ3n) is 0.889. The fraction of sp³-hybridized carbons (Fsp3) is 0.400. The van der Waals surface area contributed by atoms with Crippen LogP contribution < -0.4 is 0 Å². The van der Waals surface area contributed by atoms with Crippen molar-refractivity contribution in [1.29, 1.82) is 0 Å². The van der Waals surface area contributed by atoms with Gasteiger partial charge in [0.15, 0.2) is 0 Å². The van der Waals surface area contributed by atoms with Gasteiger partial charge < -0.3 is 9.84 Å². The zero-order valence-electron chi connectivity index (χ0n) is 4.26. The van der Waals surface area contributed by atoms with E-state index in [1.807, 2.05) is 0 Å². The average molecular weight is 114 g/mol. The number of hydrogen-bond donors (Lipinski definition) is 1. The molecule has 0 fully saturated rings. The molecule has 1 rings (SSSR count). The molecule has 1 N–H and O–H groups in total. The van der Waals surface area contributed by atoms with E-state index in [0.717, 1.165) is 0 Å². The van der Waals surface area contributed by atoms with Gasteiger partial charge in [-0.15, -0.1) is 0 Å². The van der Waals surface area contributed by atoms with Crippen molar-refractivity contribution in [2.75, 3.05) is 6.61 Å². The van der Waals surface area contributed by atoms with Gasteiger partial charge in [0.1, 0.15) is 18.8 Å². The number of carbonyl (C=O) groups excluding carboxylic acids is 1. The highest BCUT2D eigenvalue weighted by Crippen LogP contribution is 2.03. The Bertz CT molecular complexity index is 137. The summed E-state index contributed by atoms with van der Waals surface area (Å²) in [6, 6.07) is 0. The van der Waals surface area contributed by atoms with Crippen molar-refractivity contribution >= 4 is 5.97 Å². The summed E-state index contributed by atoms with van der Waals surface area (Å²) in [7, 11) is 0. The molecule has 0 saturated heterocycles. The van der Waals surface area contributed by atoms with Crippen LogP contribution in [0.5, 0.6) is 0 Å². The van der Waals surface area contributed by atoms with Crippen molar-refractivity contribution in [2.45, 2.75) is 6.42 Å². The number of rotatable bonds is 0. The Labute approximate surface area is 46.6 Å². The molecule has 1 aliphatic rings. The van der Waals surface area contributed by atoms with E-state index in [9.17, 15) is 4.79 Å². The van der Waals surface area contributed by atoms with E-state index < -0.39 is 0 Å². The van der Waals surface area contributed by atoms with E-state index in [-0.39, 0.29) is 24.8 Å². The second-order valence-electron chi connectivity index (χ2n) is 1.56. The highest BCUT2D eigenvalue weighted by atomic mass is 16.5. The second kappa shape index (κ2) is 1.86. The second-order valence-corrected chi connectivity index (χ2v) is 1.56. The smallest absolute Gasteiger partial charge is 0.313 e. The maximum absolute atomic E-state index is 10.3. The summed E-state index contributed by atoms with van der Waals surface area (Å²) in [5.74, 6) is -0.244. The maximum atomic E-state index is 10.3. The van der Waals surface area contributed by atoms with Crippen LogP contribution in [0, 0.1) is 0 Å². The molecule has 0 unspecified atom stereocenters. The van der Waals surface area contributed by atoms with Crippen molar-refractivity contribution in [1.82, 2.24) is 0 Å². The van der Waals surface area contributed by atoms with Crippen LogP contribution in [0.4, 0.5) is 0 Å². The normalized spacial score (nSPS) is 19.5. The lowest BCUT2D eigenvalue weighted by molar-refractivity contribution is -0.143. The molecule has 0 saturated carbocycles. The first-order chi connectivity index (χ1) is 3.79. The highest BCUT2D eigenvalue weighted by Gasteiger charge is 2.09.